The zero-order valence-corrected chi connectivity index (χ0v) is 8.30. The summed E-state index contributed by atoms with van der Waals surface area (Å²) in [5.41, 5.74) is 0. The first-order valence-electron chi connectivity index (χ1n) is 3.31. The van der Waals surface area contributed by atoms with E-state index in [-0.39, 0.29) is 6.54 Å². The fourth-order valence-electron chi connectivity index (χ4n) is 0.851. The van der Waals surface area contributed by atoms with Crippen LogP contribution in [-0.2, 0) is 4.79 Å². The van der Waals surface area contributed by atoms with Gasteiger partial charge in [-0.05, 0) is 34.7 Å². The van der Waals surface area contributed by atoms with E-state index in [0.29, 0.717) is 0 Å². The summed E-state index contributed by atoms with van der Waals surface area (Å²) in [6.45, 7) is -0.182. The molecule has 5 heteroatoms. The first kappa shape index (κ1) is 9.53. The van der Waals surface area contributed by atoms with Gasteiger partial charge in [0, 0.05) is 9.78 Å². The summed E-state index contributed by atoms with van der Waals surface area (Å²) < 4.78 is 0.904. The van der Waals surface area contributed by atoms with Crippen LogP contribution in [0, 0.1) is 0 Å². The van der Waals surface area contributed by atoms with Gasteiger partial charge in [-0.25, -0.2) is 0 Å². The van der Waals surface area contributed by atoms with Gasteiger partial charge in [-0.2, -0.15) is 0 Å². The van der Waals surface area contributed by atoms with Crippen LogP contribution in [0.1, 0.15) is 0 Å². The van der Waals surface area contributed by atoms with Crippen LogP contribution < -0.4 is 0 Å². The highest BCUT2D eigenvalue weighted by atomic mass is 127. The molecule has 0 aromatic heterocycles. The Balaban J connectivity index is 2.60. The quantitative estimate of drug-likeness (QED) is 0.725. The number of aliphatic hydroxyl groups excluding tert-OH is 1. The lowest BCUT2D eigenvalue weighted by molar-refractivity contribution is -0.139. The number of aliphatic hydroxyl groups is 1. The summed E-state index contributed by atoms with van der Waals surface area (Å²) in [5.74, 6) is -0.955. The van der Waals surface area contributed by atoms with Crippen molar-refractivity contribution in [2.75, 3.05) is 6.54 Å². The largest absolute Gasteiger partial charge is 0.480 e. The van der Waals surface area contributed by atoms with Gasteiger partial charge in [-0.1, -0.05) is 0 Å². The zero-order chi connectivity index (χ0) is 9.14. The molecule has 0 bridgehead atoms. The molecule has 4 nitrogen and oxygen atoms in total. The Morgan fingerprint density at radius 2 is 2.42 bits per heavy atom. The van der Waals surface area contributed by atoms with E-state index < -0.39 is 12.2 Å². The van der Waals surface area contributed by atoms with Crippen LogP contribution in [0.25, 0.3) is 0 Å². The lowest BCUT2D eigenvalue weighted by Crippen LogP contribution is -2.34. The van der Waals surface area contributed by atoms with Crippen molar-refractivity contribution < 1.29 is 15.0 Å². The molecule has 0 aliphatic carbocycles. The monoisotopic (exact) mass is 281 g/mol. The third-order valence-corrected chi connectivity index (χ3v) is 2.11. The maximum atomic E-state index is 10.3. The van der Waals surface area contributed by atoms with Gasteiger partial charge in [0.05, 0.1) is 0 Å². The summed E-state index contributed by atoms with van der Waals surface area (Å²) in [4.78, 5) is 11.6. The predicted molar refractivity (Wildman–Crippen MR) is 51.6 cm³/mol. The number of hydrogen-bond donors (Lipinski definition) is 2. The molecule has 1 heterocycles. The van der Waals surface area contributed by atoms with E-state index in [1.165, 1.54) is 4.90 Å². The van der Waals surface area contributed by atoms with Crippen molar-refractivity contribution >= 4 is 28.6 Å². The van der Waals surface area contributed by atoms with Gasteiger partial charge in [0.15, 0.2) is 0 Å². The molecular weight excluding hydrogens is 273 g/mol. The van der Waals surface area contributed by atoms with E-state index in [1.807, 2.05) is 0 Å². The number of hydrogen-bond acceptors (Lipinski definition) is 3. The third kappa shape index (κ3) is 2.49. The minimum Gasteiger partial charge on any atom is -0.480 e. The van der Waals surface area contributed by atoms with Gasteiger partial charge in [0.2, 0.25) is 0 Å². The standard InChI is InChI=1S/C7H8INO3/c8-5-1-2-9(4-7(11)12)6(10)3-5/h1-3,6,10H,4H2,(H,11,12). The molecule has 0 fully saturated rings. The van der Waals surface area contributed by atoms with Crippen molar-refractivity contribution in [2.45, 2.75) is 6.23 Å². The van der Waals surface area contributed by atoms with Gasteiger partial charge >= 0.3 is 5.97 Å². The Labute approximate surface area is 83.3 Å². The van der Waals surface area contributed by atoms with Crippen LogP contribution in [0.5, 0.6) is 0 Å². The second-order valence-electron chi connectivity index (χ2n) is 2.35. The summed E-state index contributed by atoms with van der Waals surface area (Å²) in [6, 6.07) is 0. The second-order valence-corrected chi connectivity index (χ2v) is 3.59. The molecule has 0 radical (unpaired) electrons. The first-order chi connectivity index (χ1) is 5.59. The molecule has 1 aliphatic rings. The van der Waals surface area contributed by atoms with Crippen molar-refractivity contribution in [1.29, 1.82) is 0 Å². The van der Waals surface area contributed by atoms with Crippen molar-refractivity contribution in [3.63, 3.8) is 0 Å². The van der Waals surface area contributed by atoms with Crippen molar-refractivity contribution in [3.8, 4) is 0 Å². The molecule has 1 rings (SSSR count). The Bertz CT molecular complexity index is 249. The molecule has 0 aromatic carbocycles. The van der Waals surface area contributed by atoms with Gasteiger partial charge in [0.25, 0.3) is 0 Å². The Morgan fingerprint density at radius 1 is 1.75 bits per heavy atom. The van der Waals surface area contributed by atoms with Gasteiger partial charge in [-0.3, -0.25) is 4.79 Å². The molecule has 0 saturated carbocycles. The maximum absolute atomic E-state index is 10.3. The minimum atomic E-state index is -0.955. The van der Waals surface area contributed by atoms with Crippen LogP contribution in [0.4, 0.5) is 0 Å². The molecule has 66 valence electrons. The van der Waals surface area contributed by atoms with E-state index in [9.17, 15) is 9.90 Å². The van der Waals surface area contributed by atoms with E-state index in [0.717, 1.165) is 3.58 Å². The third-order valence-electron chi connectivity index (χ3n) is 1.39. The predicted octanol–water partition coefficient (Wildman–Crippen LogP) is 0.538. The minimum absolute atomic E-state index is 0.182. The highest BCUT2D eigenvalue weighted by Gasteiger charge is 2.15. The van der Waals surface area contributed by atoms with Gasteiger partial charge in [-0.15, -0.1) is 0 Å². The summed E-state index contributed by atoms with van der Waals surface area (Å²) >= 11 is 2.06. The molecule has 0 amide bonds. The van der Waals surface area contributed by atoms with Crippen LogP contribution >= 0.6 is 22.6 Å². The lowest BCUT2D eigenvalue weighted by atomic mass is 10.3. The van der Waals surface area contributed by atoms with Gasteiger partial charge in [0.1, 0.15) is 12.8 Å². The molecule has 1 atom stereocenters. The molecule has 1 unspecified atom stereocenters. The normalized spacial score (nSPS) is 22.3. The number of carboxylic acid groups (broad SMARTS) is 1. The summed E-state index contributed by atoms with van der Waals surface area (Å²) in [6.07, 6.45) is 4.08. The number of carboxylic acids is 1. The lowest BCUT2D eigenvalue weighted by Gasteiger charge is -2.24. The smallest absolute Gasteiger partial charge is 0.323 e. The molecular formula is C7H8INO3. The second kappa shape index (κ2) is 3.90. The number of aliphatic carboxylic acids is 1. The van der Waals surface area contributed by atoms with Crippen molar-refractivity contribution in [3.05, 3.63) is 21.9 Å². The molecule has 2 N–H and O–H groups in total. The fraction of sp³-hybridized carbons (Fsp3) is 0.286. The first-order valence-corrected chi connectivity index (χ1v) is 4.38. The molecule has 0 aromatic rings. The van der Waals surface area contributed by atoms with Crippen molar-refractivity contribution in [1.82, 2.24) is 4.90 Å². The molecule has 1 aliphatic heterocycles. The average molecular weight is 281 g/mol. The number of allylic oxidation sites excluding steroid dienone is 2. The SMILES string of the molecule is O=C(O)CN1C=CC(I)=CC1O. The number of nitrogens with zero attached hydrogens (tertiary/aromatic N) is 1. The average Bonchev–Trinajstić information content (AvgIpc) is 1.94. The van der Waals surface area contributed by atoms with E-state index in [2.05, 4.69) is 22.6 Å². The summed E-state index contributed by atoms with van der Waals surface area (Å²) in [7, 11) is 0. The van der Waals surface area contributed by atoms with Gasteiger partial charge < -0.3 is 15.1 Å². The summed E-state index contributed by atoms with van der Waals surface area (Å²) in [5, 5.41) is 17.8. The van der Waals surface area contributed by atoms with Crippen LogP contribution in [0.15, 0.2) is 21.9 Å². The highest BCUT2D eigenvalue weighted by Crippen LogP contribution is 2.16. The Morgan fingerprint density at radius 3 is 2.92 bits per heavy atom. The fourth-order valence-corrected chi connectivity index (χ4v) is 1.33. The number of halogens is 1. The topological polar surface area (TPSA) is 60.8 Å². The van der Waals surface area contributed by atoms with Crippen LogP contribution in [-0.4, -0.2) is 33.9 Å². The van der Waals surface area contributed by atoms with Crippen LogP contribution in [0.2, 0.25) is 0 Å². The molecule has 0 spiro atoms. The molecule has 0 saturated heterocycles. The number of rotatable bonds is 2. The highest BCUT2D eigenvalue weighted by molar-refractivity contribution is 14.1. The Kier molecular flexibility index (Phi) is 3.10. The Hall–Kier alpha value is -0.560. The van der Waals surface area contributed by atoms with Crippen molar-refractivity contribution in [2.24, 2.45) is 0 Å². The van der Waals surface area contributed by atoms with Crippen LogP contribution in [0.3, 0.4) is 0 Å². The van der Waals surface area contributed by atoms with E-state index in [1.54, 1.807) is 18.4 Å². The zero-order valence-electron chi connectivity index (χ0n) is 6.14. The maximum Gasteiger partial charge on any atom is 0.323 e. The van der Waals surface area contributed by atoms with E-state index in [4.69, 9.17) is 5.11 Å². The molecule has 12 heavy (non-hydrogen) atoms. The van der Waals surface area contributed by atoms with E-state index >= 15 is 0 Å². The number of carbonyl (C=O) groups is 1.